The average Bonchev–Trinajstić information content (AvgIpc) is 2.20. The molecule has 0 aliphatic carbocycles. The molecule has 0 saturated heterocycles. The SMILES string of the molecule is CCOC(=O)NC(C)(C)Cc1ccc(O)cc1. The summed E-state index contributed by atoms with van der Waals surface area (Å²) >= 11 is 0. The Morgan fingerprint density at radius 1 is 1.35 bits per heavy atom. The van der Waals surface area contributed by atoms with Crippen molar-refractivity contribution in [2.75, 3.05) is 6.61 Å². The van der Waals surface area contributed by atoms with E-state index in [1.165, 1.54) is 0 Å². The Hall–Kier alpha value is -1.71. The van der Waals surface area contributed by atoms with E-state index in [-0.39, 0.29) is 11.3 Å². The van der Waals surface area contributed by atoms with Crippen molar-refractivity contribution in [2.24, 2.45) is 0 Å². The van der Waals surface area contributed by atoms with Crippen LogP contribution in [0.5, 0.6) is 5.75 Å². The van der Waals surface area contributed by atoms with Gasteiger partial charge in [-0.05, 0) is 44.9 Å². The van der Waals surface area contributed by atoms with Gasteiger partial charge < -0.3 is 15.2 Å². The zero-order valence-electron chi connectivity index (χ0n) is 10.5. The Morgan fingerprint density at radius 3 is 2.47 bits per heavy atom. The van der Waals surface area contributed by atoms with Gasteiger partial charge in [-0.15, -0.1) is 0 Å². The lowest BCUT2D eigenvalue weighted by molar-refractivity contribution is 0.141. The van der Waals surface area contributed by atoms with Gasteiger partial charge in [0.15, 0.2) is 0 Å². The summed E-state index contributed by atoms with van der Waals surface area (Å²) < 4.78 is 4.84. The van der Waals surface area contributed by atoms with Crippen molar-refractivity contribution in [2.45, 2.75) is 32.7 Å². The van der Waals surface area contributed by atoms with Gasteiger partial charge >= 0.3 is 6.09 Å². The van der Waals surface area contributed by atoms with E-state index in [2.05, 4.69) is 5.32 Å². The van der Waals surface area contributed by atoms with Crippen molar-refractivity contribution in [1.29, 1.82) is 0 Å². The van der Waals surface area contributed by atoms with Crippen LogP contribution >= 0.6 is 0 Å². The van der Waals surface area contributed by atoms with Crippen molar-refractivity contribution in [3.05, 3.63) is 29.8 Å². The van der Waals surface area contributed by atoms with Crippen molar-refractivity contribution < 1.29 is 14.6 Å². The lowest BCUT2D eigenvalue weighted by Gasteiger charge is -2.25. The number of ether oxygens (including phenoxy) is 1. The van der Waals surface area contributed by atoms with E-state index in [0.717, 1.165) is 5.56 Å². The van der Waals surface area contributed by atoms with Gasteiger partial charge in [-0.25, -0.2) is 4.79 Å². The first-order chi connectivity index (χ1) is 7.93. The second kappa shape index (κ2) is 5.57. The van der Waals surface area contributed by atoms with Crippen LogP contribution in [0.15, 0.2) is 24.3 Å². The molecular formula is C13H19NO3. The third kappa shape index (κ3) is 4.76. The number of carbonyl (C=O) groups is 1. The molecule has 1 rings (SSSR count). The minimum Gasteiger partial charge on any atom is -0.508 e. The van der Waals surface area contributed by atoms with E-state index in [0.29, 0.717) is 13.0 Å². The van der Waals surface area contributed by atoms with E-state index in [4.69, 9.17) is 4.74 Å². The van der Waals surface area contributed by atoms with Gasteiger partial charge in [-0.3, -0.25) is 0 Å². The number of alkyl carbamates (subject to hydrolysis) is 1. The van der Waals surface area contributed by atoms with Crippen LogP contribution in [0.4, 0.5) is 4.79 Å². The van der Waals surface area contributed by atoms with Crippen molar-refractivity contribution in [3.8, 4) is 5.75 Å². The molecule has 0 heterocycles. The molecule has 0 aromatic heterocycles. The molecule has 0 atom stereocenters. The van der Waals surface area contributed by atoms with Gasteiger partial charge in [0.2, 0.25) is 0 Å². The van der Waals surface area contributed by atoms with E-state index >= 15 is 0 Å². The zero-order valence-corrected chi connectivity index (χ0v) is 10.5. The second-order valence-electron chi connectivity index (χ2n) is 4.57. The summed E-state index contributed by atoms with van der Waals surface area (Å²) in [5, 5.41) is 12.0. The van der Waals surface area contributed by atoms with E-state index < -0.39 is 6.09 Å². The number of hydrogen-bond acceptors (Lipinski definition) is 3. The molecule has 0 spiro atoms. The monoisotopic (exact) mass is 237 g/mol. The van der Waals surface area contributed by atoms with Crippen LogP contribution in [0.25, 0.3) is 0 Å². The van der Waals surface area contributed by atoms with Crippen LogP contribution in [0.2, 0.25) is 0 Å². The smallest absolute Gasteiger partial charge is 0.407 e. The summed E-state index contributed by atoms with van der Waals surface area (Å²) in [6.45, 7) is 5.99. The number of phenolic OH excluding ortho intramolecular Hbond substituents is 1. The quantitative estimate of drug-likeness (QED) is 0.845. The first-order valence-corrected chi connectivity index (χ1v) is 5.66. The van der Waals surface area contributed by atoms with Gasteiger partial charge in [-0.1, -0.05) is 12.1 Å². The Bertz CT molecular complexity index is 371. The number of nitrogens with one attached hydrogen (secondary N) is 1. The molecule has 4 nitrogen and oxygen atoms in total. The maximum absolute atomic E-state index is 11.3. The summed E-state index contributed by atoms with van der Waals surface area (Å²) in [6, 6.07) is 6.94. The Morgan fingerprint density at radius 2 is 1.94 bits per heavy atom. The maximum Gasteiger partial charge on any atom is 0.407 e. The number of benzene rings is 1. The number of hydrogen-bond donors (Lipinski definition) is 2. The zero-order chi connectivity index (χ0) is 12.9. The van der Waals surface area contributed by atoms with Crippen LogP contribution < -0.4 is 5.32 Å². The molecule has 0 aliphatic rings. The summed E-state index contributed by atoms with van der Waals surface area (Å²) in [5.41, 5.74) is 0.660. The van der Waals surface area contributed by atoms with E-state index in [1.807, 2.05) is 26.0 Å². The highest BCUT2D eigenvalue weighted by atomic mass is 16.5. The lowest BCUT2D eigenvalue weighted by atomic mass is 9.95. The molecule has 1 aromatic carbocycles. The topological polar surface area (TPSA) is 58.6 Å². The van der Waals surface area contributed by atoms with Gasteiger partial charge in [0.25, 0.3) is 0 Å². The fourth-order valence-electron chi connectivity index (χ4n) is 1.61. The number of amides is 1. The molecule has 0 fully saturated rings. The summed E-state index contributed by atoms with van der Waals surface area (Å²) in [4.78, 5) is 11.3. The predicted molar refractivity (Wildman–Crippen MR) is 66.0 cm³/mol. The standard InChI is InChI=1S/C13H19NO3/c1-4-17-12(16)14-13(2,3)9-10-5-7-11(15)8-6-10/h5-8,15H,4,9H2,1-3H3,(H,14,16). The highest BCUT2D eigenvalue weighted by Gasteiger charge is 2.21. The first-order valence-electron chi connectivity index (χ1n) is 5.66. The van der Waals surface area contributed by atoms with Crippen LogP contribution in [0, 0.1) is 0 Å². The molecule has 2 N–H and O–H groups in total. The van der Waals surface area contributed by atoms with Crippen LogP contribution in [0.3, 0.4) is 0 Å². The minimum atomic E-state index is -0.406. The number of phenols is 1. The Balaban J connectivity index is 2.59. The normalized spacial score (nSPS) is 11.0. The molecule has 4 heteroatoms. The largest absolute Gasteiger partial charge is 0.508 e. The van der Waals surface area contributed by atoms with E-state index in [1.54, 1.807) is 19.1 Å². The molecule has 1 amide bonds. The van der Waals surface area contributed by atoms with Crippen LogP contribution in [-0.2, 0) is 11.2 Å². The Labute approximate surface area is 102 Å². The van der Waals surface area contributed by atoms with Gasteiger partial charge in [-0.2, -0.15) is 0 Å². The highest BCUT2D eigenvalue weighted by Crippen LogP contribution is 2.16. The van der Waals surface area contributed by atoms with E-state index in [9.17, 15) is 9.90 Å². The molecule has 1 aromatic rings. The maximum atomic E-state index is 11.3. The van der Waals surface area contributed by atoms with Crippen molar-refractivity contribution in [3.63, 3.8) is 0 Å². The summed E-state index contributed by atoms with van der Waals surface area (Å²) in [7, 11) is 0. The third-order valence-corrected chi connectivity index (χ3v) is 2.30. The van der Waals surface area contributed by atoms with Crippen molar-refractivity contribution >= 4 is 6.09 Å². The van der Waals surface area contributed by atoms with Crippen molar-refractivity contribution in [1.82, 2.24) is 5.32 Å². The van der Waals surface area contributed by atoms with Crippen LogP contribution in [0.1, 0.15) is 26.3 Å². The molecular weight excluding hydrogens is 218 g/mol. The fraction of sp³-hybridized carbons (Fsp3) is 0.462. The molecule has 0 radical (unpaired) electrons. The molecule has 0 bridgehead atoms. The van der Waals surface area contributed by atoms with Gasteiger partial charge in [0.1, 0.15) is 5.75 Å². The predicted octanol–water partition coefficient (Wildman–Crippen LogP) is 2.46. The number of aromatic hydroxyl groups is 1. The molecule has 17 heavy (non-hydrogen) atoms. The average molecular weight is 237 g/mol. The Kier molecular flexibility index (Phi) is 4.37. The number of rotatable bonds is 4. The number of carbonyl (C=O) groups excluding carboxylic acids is 1. The highest BCUT2D eigenvalue weighted by molar-refractivity contribution is 5.68. The molecule has 94 valence electrons. The fourth-order valence-corrected chi connectivity index (χ4v) is 1.61. The van der Waals surface area contributed by atoms with Gasteiger partial charge in [0, 0.05) is 5.54 Å². The summed E-state index contributed by atoms with van der Waals surface area (Å²) in [5.74, 6) is 0.241. The molecule has 0 aliphatic heterocycles. The minimum absolute atomic E-state index is 0.241. The first kappa shape index (κ1) is 13.4. The van der Waals surface area contributed by atoms with Gasteiger partial charge in [0.05, 0.1) is 6.61 Å². The summed E-state index contributed by atoms with van der Waals surface area (Å²) in [6.07, 6.45) is 0.266. The molecule has 0 saturated carbocycles. The molecule has 0 unspecified atom stereocenters. The second-order valence-corrected chi connectivity index (χ2v) is 4.57. The lowest BCUT2D eigenvalue weighted by Crippen LogP contribution is -2.45. The van der Waals surface area contributed by atoms with Crippen LogP contribution in [-0.4, -0.2) is 23.3 Å². The third-order valence-electron chi connectivity index (χ3n) is 2.30.